The molecule has 0 saturated carbocycles. The maximum atomic E-state index is 12.7. The first-order valence-corrected chi connectivity index (χ1v) is 11.3. The molecule has 172 valence electrons. The van der Waals surface area contributed by atoms with E-state index in [9.17, 15) is 9.59 Å². The summed E-state index contributed by atoms with van der Waals surface area (Å²) in [6.45, 7) is 3.20. The number of amides is 2. The number of carbonyl (C=O) groups excluding carboxylic acids is 1. The predicted molar refractivity (Wildman–Crippen MR) is 131 cm³/mol. The van der Waals surface area contributed by atoms with Gasteiger partial charge in [0.1, 0.15) is 11.3 Å². The van der Waals surface area contributed by atoms with Gasteiger partial charge in [0.15, 0.2) is 0 Å². The second kappa shape index (κ2) is 9.41. The summed E-state index contributed by atoms with van der Waals surface area (Å²) in [4.78, 5) is 27.5. The molecule has 2 amide bonds. The number of anilines is 1. The lowest BCUT2D eigenvalue weighted by Gasteiger charge is -2.33. The summed E-state index contributed by atoms with van der Waals surface area (Å²) in [7, 11) is 0. The molecule has 5 rings (SSSR count). The molecular weight excluding hydrogens is 430 g/mol. The summed E-state index contributed by atoms with van der Waals surface area (Å²) in [5, 5.41) is 13.1. The minimum absolute atomic E-state index is 0.172. The number of benzene rings is 3. The molecule has 0 atom stereocenters. The van der Waals surface area contributed by atoms with E-state index >= 15 is 0 Å². The lowest BCUT2D eigenvalue weighted by Crippen LogP contribution is -2.47. The molecule has 1 fully saturated rings. The van der Waals surface area contributed by atoms with Crippen LogP contribution in [0.3, 0.4) is 0 Å². The third kappa shape index (κ3) is 4.65. The van der Waals surface area contributed by atoms with E-state index in [2.05, 4.69) is 16.3 Å². The van der Waals surface area contributed by atoms with Gasteiger partial charge in [0.2, 0.25) is 0 Å². The van der Waals surface area contributed by atoms with Gasteiger partial charge in [0.05, 0.1) is 5.69 Å². The summed E-state index contributed by atoms with van der Waals surface area (Å²) in [5.41, 5.74) is 3.99. The highest BCUT2D eigenvalue weighted by Gasteiger charge is 2.20. The second-order valence-electron chi connectivity index (χ2n) is 8.39. The van der Waals surface area contributed by atoms with Crippen molar-refractivity contribution in [2.45, 2.75) is 6.54 Å². The molecule has 2 N–H and O–H groups in total. The summed E-state index contributed by atoms with van der Waals surface area (Å²) < 4.78 is 6.20. The fourth-order valence-electron chi connectivity index (χ4n) is 4.25. The van der Waals surface area contributed by atoms with Crippen molar-refractivity contribution in [1.82, 2.24) is 9.80 Å². The Hall–Kier alpha value is -4.10. The second-order valence-corrected chi connectivity index (χ2v) is 8.39. The first kappa shape index (κ1) is 21.7. The largest absolute Gasteiger partial charge is 0.465 e. The van der Waals surface area contributed by atoms with Gasteiger partial charge < -0.3 is 19.7 Å². The Morgan fingerprint density at radius 1 is 0.882 bits per heavy atom. The molecule has 7 heteroatoms. The lowest BCUT2D eigenvalue weighted by molar-refractivity contribution is 0.102. The van der Waals surface area contributed by atoms with Crippen molar-refractivity contribution in [3.63, 3.8) is 0 Å². The molecule has 2 heterocycles. The third-order valence-corrected chi connectivity index (χ3v) is 6.11. The van der Waals surface area contributed by atoms with E-state index in [-0.39, 0.29) is 5.91 Å². The highest BCUT2D eigenvalue weighted by molar-refractivity contribution is 6.06. The number of piperazine rings is 1. The first-order chi connectivity index (χ1) is 16.6. The van der Waals surface area contributed by atoms with E-state index in [4.69, 9.17) is 9.52 Å². The van der Waals surface area contributed by atoms with Crippen molar-refractivity contribution >= 4 is 28.7 Å². The monoisotopic (exact) mass is 455 g/mol. The molecule has 0 spiro atoms. The topological polar surface area (TPSA) is 86.0 Å². The highest BCUT2D eigenvalue weighted by Crippen LogP contribution is 2.33. The minimum Gasteiger partial charge on any atom is -0.465 e. The van der Waals surface area contributed by atoms with Crippen LogP contribution in [0.5, 0.6) is 0 Å². The molecule has 0 radical (unpaired) electrons. The number of carbonyl (C=O) groups is 2. The number of rotatable bonds is 5. The molecule has 1 aliphatic heterocycles. The SMILES string of the molecule is O=C(Nc1ccccc1-c1cc2ccc(CN3CCN(C(=O)O)CC3)cc2o1)c1ccccc1. The molecule has 0 bridgehead atoms. The molecule has 1 saturated heterocycles. The summed E-state index contributed by atoms with van der Waals surface area (Å²) >= 11 is 0. The van der Waals surface area contributed by atoms with Crippen LogP contribution in [0.25, 0.3) is 22.3 Å². The van der Waals surface area contributed by atoms with Crippen LogP contribution in [0.4, 0.5) is 10.5 Å². The van der Waals surface area contributed by atoms with Crippen LogP contribution in [-0.2, 0) is 6.54 Å². The van der Waals surface area contributed by atoms with Crippen LogP contribution in [0.1, 0.15) is 15.9 Å². The first-order valence-electron chi connectivity index (χ1n) is 11.3. The van der Waals surface area contributed by atoms with Gasteiger partial charge in [0, 0.05) is 49.2 Å². The van der Waals surface area contributed by atoms with Gasteiger partial charge in [-0.05, 0) is 42.0 Å². The van der Waals surface area contributed by atoms with Crippen molar-refractivity contribution < 1.29 is 19.1 Å². The smallest absolute Gasteiger partial charge is 0.407 e. The van der Waals surface area contributed by atoms with Crippen LogP contribution >= 0.6 is 0 Å². The maximum Gasteiger partial charge on any atom is 0.407 e. The van der Waals surface area contributed by atoms with Gasteiger partial charge in [-0.15, -0.1) is 0 Å². The molecule has 1 aromatic heterocycles. The Morgan fingerprint density at radius 3 is 2.38 bits per heavy atom. The van der Waals surface area contributed by atoms with Crippen molar-refractivity contribution in [3.8, 4) is 11.3 Å². The Kier molecular flexibility index (Phi) is 6.01. The molecular formula is C27H25N3O4. The van der Waals surface area contributed by atoms with E-state index in [1.807, 2.05) is 60.7 Å². The number of nitrogens with zero attached hydrogens (tertiary/aromatic N) is 2. The van der Waals surface area contributed by atoms with E-state index in [1.165, 1.54) is 4.90 Å². The number of fused-ring (bicyclic) bond motifs is 1. The Bertz CT molecular complexity index is 1320. The van der Waals surface area contributed by atoms with Gasteiger partial charge in [0.25, 0.3) is 5.91 Å². The molecule has 1 aliphatic rings. The average molecular weight is 456 g/mol. The van der Waals surface area contributed by atoms with E-state index in [0.29, 0.717) is 43.2 Å². The Labute approximate surface area is 197 Å². The Morgan fingerprint density at radius 2 is 1.62 bits per heavy atom. The standard InChI is InChI=1S/C27H25N3O4/c31-26(20-6-2-1-3-7-20)28-23-9-5-4-8-22(23)25-17-21-11-10-19(16-24(21)34-25)18-29-12-14-30(15-13-29)27(32)33/h1-11,16-17H,12-15,18H2,(H,28,31)(H,32,33). The van der Waals surface area contributed by atoms with Crippen LogP contribution in [0.15, 0.2) is 83.3 Å². The third-order valence-electron chi connectivity index (χ3n) is 6.11. The fourth-order valence-corrected chi connectivity index (χ4v) is 4.25. The van der Waals surface area contributed by atoms with Crippen molar-refractivity contribution in [3.05, 3.63) is 90.0 Å². The molecule has 7 nitrogen and oxygen atoms in total. The van der Waals surface area contributed by atoms with Gasteiger partial charge in [-0.1, -0.05) is 42.5 Å². The molecule has 4 aromatic rings. The van der Waals surface area contributed by atoms with Gasteiger partial charge in [-0.25, -0.2) is 4.79 Å². The number of hydrogen-bond donors (Lipinski definition) is 2. The molecule has 0 unspecified atom stereocenters. The number of para-hydroxylation sites is 1. The van der Waals surface area contributed by atoms with Crippen LogP contribution in [0.2, 0.25) is 0 Å². The number of nitrogens with one attached hydrogen (secondary N) is 1. The zero-order valence-electron chi connectivity index (χ0n) is 18.6. The zero-order chi connectivity index (χ0) is 23.5. The van der Waals surface area contributed by atoms with Crippen molar-refractivity contribution in [2.75, 3.05) is 31.5 Å². The molecule has 3 aromatic carbocycles. The number of furan rings is 1. The maximum absolute atomic E-state index is 12.7. The predicted octanol–water partition coefficient (Wildman–Crippen LogP) is 5.15. The minimum atomic E-state index is -0.857. The van der Waals surface area contributed by atoms with Crippen LogP contribution in [-0.4, -0.2) is 53.1 Å². The van der Waals surface area contributed by atoms with Crippen LogP contribution < -0.4 is 5.32 Å². The fraction of sp³-hybridized carbons (Fsp3) is 0.185. The average Bonchev–Trinajstić information content (AvgIpc) is 3.28. The van der Waals surface area contributed by atoms with Gasteiger partial charge >= 0.3 is 6.09 Å². The zero-order valence-corrected chi connectivity index (χ0v) is 18.6. The van der Waals surface area contributed by atoms with Crippen LogP contribution in [0, 0.1) is 0 Å². The van der Waals surface area contributed by atoms with Gasteiger partial charge in [-0.3, -0.25) is 9.69 Å². The highest BCUT2D eigenvalue weighted by atomic mass is 16.4. The normalized spacial score (nSPS) is 14.3. The molecule has 0 aliphatic carbocycles. The van der Waals surface area contributed by atoms with Crippen molar-refractivity contribution in [2.24, 2.45) is 0 Å². The van der Waals surface area contributed by atoms with E-state index < -0.39 is 6.09 Å². The van der Waals surface area contributed by atoms with Crippen molar-refractivity contribution in [1.29, 1.82) is 0 Å². The number of carboxylic acid groups (broad SMARTS) is 1. The molecule has 34 heavy (non-hydrogen) atoms. The summed E-state index contributed by atoms with van der Waals surface area (Å²) in [5.74, 6) is 0.514. The quantitative estimate of drug-likeness (QED) is 0.435. The Balaban J connectivity index is 1.34. The lowest BCUT2D eigenvalue weighted by atomic mass is 10.1. The van der Waals surface area contributed by atoms with Gasteiger partial charge in [-0.2, -0.15) is 0 Å². The number of hydrogen-bond acceptors (Lipinski definition) is 4. The summed E-state index contributed by atoms with van der Waals surface area (Å²) in [6.07, 6.45) is -0.857. The summed E-state index contributed by atoms with van der Waals surface area (Å²) in [6, 6.07) is 24.8. The van der Waals surface area contributed by atoms with E-state index in [1.54, 1.807) is 12.1 Å². The van der Waals surface area contributed by atoms with E-state index in [0.717, 1.165) is 28.6 Å².